The Morgan fingerprint density at radius 1 is 1.06 bits per heavy atom. The van der Waals surface area contributed by atoms with Gasteiger partial charge in [0.25, 0.3) is 0 Å². The second kappa shape index (κ2) is 6.04. The van der Waals surface area contributed by atoms with Gasteiger partial charge < -0.3 is 9.84 Å². The second-order valence-electron chi connectivity index (χ2n) is 5.93. The van der Waals surface area contributed by atoms with Crippen LogP contribution >= 0.6 is 0 Å². The summed E-state index contributed by atoms with van der Waals surface area (Å²) >= 11 is 0. The zero-order valence-electron chi connectivity index (χ0n) is 11.9. The quantitative estimate of drug-likeness (QED) is 0.786. The minimum Gasteiger partial charge on any atom is -0.481 e. The van der Waals surface area contributed by atoms with Crippen molar-refractivity contribution < 1.29 is 24.3 Å². The highest BCUT2D eigenvalue weighted by atomic mass is 16.7. The molecular formula is C12H23NO5. The van der Waals surface area contributed by atoms with Crippen LogP contribution in [0.5, 0.6) is 0 Å². The molecule has 0 radical (unpaired) electrons. The molecule has 0 atom stereocenters. The van der Waals surface area contributed by atoms with Crippen molar-refractivity contribution in [2.75, 3.05) is 6.54 Å². The Bertz CT molecular complexity index is 301. The van der Waals surface area contributed by atoms with Crippen molar-refractivity contribution in [3.8, 4) is 0 Å². The first kappa shape index (κ1) is 16.7. The molecule has 1 N–H and O–H groups in total. The van der Waals surface area contributed by atoms with E-state index >= 15 is 0 Å². The number of hydrogen-bond acceptors (Lipinski definition) is 4. The van der Waals surface area contributed by atoms with Crippen molar-refractivity contribution in [2.45, 2.75) is 59.2 Å². The van der Waals surface area contributed by atoms with Crippen LogP contribution in [0.25, 0.3) is 0 Å². The van der Waals surface area contributed by atoms with Gasteiger partial charge in [-0.15, -0.1) is 0 Å². The molecule has 0 bridgehead atoms. The fraction of sp³-hybridized carbons (Fsp3) is 0.833. The van der Waals surface area contributed by atoms with Gasteiger partial charge in [0, 0.05) is 0 Å². The highest BCUT2D eigenvalue weighted by Gasteiger charge is 2.27. The van der Waals surface area contributed by atoms with Crippen LogP contribution < -0.4 is 0 Å². The fourth-order valence-electron chi connectivity index (χ4n) is 1.01. The standard InChI is InChI=1S/C12H23NO5/c1-11(2,3)17-10(16)13(8-7-9(14)15)18-12(4,5)6/h7-8H2,1-6H3,(H,14,15). The Balaban J connectivity index is 4.64. The molecule has 0 unspecified atom stereocenters. The molecule has 0 aromatic heterocycles. The summed E-state index contributed by atoms with van der Waals surface area (Å²) in [5.41, 5.74) is -1.25. The molecule has 1 amide bonds. The van der Waals surface area contributed by atoms with Crippen molar-refractivity contribution in [1.29, 1.82) is 0 Å². The Labute approximate surface area is 108 Å². The van der Waals surface area contributed by atoms with E-state index in [1.54, 1.807) is 41.5 Å². The van der Waals surface area contributed by atoms with E-state index in [9.17, 15) is 9.59 Å². The van der Waals surface area contributed by atoms with Gasteiger partial charge in [0.05, 0.1) is 18.6 Å². The van der Waals surface area contributed by atoms with Gasteiger partial charge in [0.2, 0.25) is 0 Å². The maximum atomic E-state index is 11.8. The van der Waals surface area contributed by atoms with Gasteiger partial charge in [-0.05, 0) is 41.5 Å². The van der Waals surface area contributed by atoms with Gasteiger partial charge in [0.1, 0.15) is 5.60 Å². The summed E-state index contributed by atoms with van der Waals surface area (Å²) in [7, 11) is 0. The van der Waals surface area contributed by atoms with Gasteiger partial charge in [0.15, 0.2) is 0 Å². The Kier molecular flexibility index (Phi) is 5.60. The van der Waals surface area contributed by atoms with Gasteiger partial charge in [-0.2, -0.15) is 5.06 Å². The van der Waals surface area contributed by atoms with E-state index in [4.69, 9.17) is 14.7 Å². The zero-order valence-corrected chi connectivity index (χ0v) is 11.9. The summed E-state index contributed by atoms with van der Waals surface area (Å²) in [6, 6.07) is 0. The summed E-state index contributed by atoms with van der Waals surface area (Å²) in [5.74, 6) is -0.999. The average molecular weight is 261 g/mol. The summed E-state index contributed by atoms with van der Waals surface area (Å²) in [6.45, 7) is 10.5. The maximum Gasteiger partial charge on any atom is 0.434 e. The third kappa shape index (κ3) is 8.81. The Hall–Kier alpha value is -1.30. The first-order valence-corrected chi connectivity index (χ1v) is 5.82. The van der Waals surface area contributed by atoms with Crippen LogP contribution in [0.1, 0.15) is 48.0 Å². The molecule has 0 saturated carbocycles. The molecule has 0 heterocycles. The smallest absolute Gasteiger partial charge is 0.434 e. The molecule has 0 rings (SSSR count). The summed E-state index contributed by atoms with van der Waals surface area (Å²) in [4.78, 5) is 27.8. The number of carbonyl (C=O) groups is 2. The molecule has 6 nitrogen and oxygen atoms in total. The molecular weight excluding hydrogens is 238 g/mol. The number of aliphatic carboxylic acids is 1. The Morgan fingerprint density at radius 2 is 1.56 bits per heavy atom. The summed E-state index contributed by atoms with van der Waals surface area (Å²) < 4.78 is 5.15. The zero-order chi connectivity index (χ0) is 14.6. The third-order valence-corrected chi connectivity index (χ3v) is 1.51. The van der Waals surface area contributed by atoms with Crippen LogP contribution in [0.4, 0.5) is 4.79 Å². The number of hydrogen-bond donors (Lipinski definition) is 1. The predicted octanol–water partition coefficient (Wildman–Crippen LogP) is 2.43. The Morgan fingerprint density at radius 3 is 1.89 bits per heavy atom. The fourth-order valence-corrected chi connectivity index (χ4v) is 1.01. The van der Waals surface area contributed by atoms with Crippen LogP contribution in [0.3, 0.4) is 0 Å². The van der Waals surface area contributed by atoms with E-state index < -0.39 is 23.3 Å². The highest BCUT2D eigenvalue weighted by molar-refractivity contribution is 5.70. The number of amides is 1. The number of carboxylic acid groups (broad SMARTS) is 1. The van der Waals surface area contributed by atoms with E-state index in [1.165, 1.54) is 0 Å². The van der Waals surface area contributed by atoms with Crippen LogP contribution in [0.2, 0.25) is 0 Å². The highest BCUT2D eigenvalue weighted by Crippen LogP contribution is 2.15. The normalized spacial score (nSPS) is 12.1. The van der Waals surface area contributed by atoms with Crippen molar-refractivity contribution in [3.63, 3.8) is 0 Å². The van der Waals surface area contributed by atoms with Crippen molar-refractivity contribution in [3.05, 3.63) is 0 Å². The average Bonchev–Trinajstić information content (AvgIpc) is 2.06. The lowest BCUT2D eigenvalue weighted by Crippen LogP contribution is -2.42. The summed E-state index contributed by atoms with van der Waals surface area (Å²) in [5, 5.41) is 9.60. The molecule has 0 fully saturated rings. The number of carbonyl (C=O) groups excluding carboxylic acids is 1. The first-order valence-electron chi connectivity index (χ1n) is 5.82. The van der Waals surface area contributed by atoms with Crippen LogP contribution in [0.15, 0.2) is 0 Å². The topological polar surface area (TPSA) is 76.1 Å². The lowest BCUT2D eigenvalue weighted by molar-refractivity contribution is -0.212. The minimum absolute atomic E-state index is 0.0541. The second-order valence-corrected chi connectivity index (χ2v) is 5.93. The number of hydroxylamine groups is 2. The molecule has 0 aliphatic carbocycles. The lowest BCUT2D eigenvalue weighted by atomic mass is 10.2. The first-order chi connectivity index (χ1) is 7.91. The predicted molar refractivity (Wildman–Crippen MR) is 66.0 cm³/mol. The van der Waals surface area contributed by atoms with Gasteiger partial charge in [-0.3, -0.25) is 9.63 Å². The van der Waals surface area contributed by atoms with Crippen LogP contribution in [-0.2, 0) is 14.4 Å². The summed E-state index contributed by atoms with van der Waals surface area (Å²) in [6.07, 6.45) is -0.881. The van der Waals surface area contributed by atoms with Crippen LogP contribution in [0, 0.1) is 0 Å². The molecule has 0 aliphatic heterocycles. The van der Waals surface area contributed by atoms with E-state index in [-0.39, 0.29) is 13.0 Å². The van der Waals surface area contributed by atoms with Crippen molar-refractivity contribution in [2.24, 2.45) is 0 Å². The molecule has 0 aromatic rings. The molecule has 6 heteroatoms. The molecule has 0 saturated heterocycles. The number of nitrogens with zero attached hydrogens (tertiary/aromatic N) is 1. The van der Waals surface area contributed by atoms with Gasteiger partial charge in [-0.1, -0.05) is 0 Å². The largest absolute Gasteiger partial charge is 0.481 e. The maximum absolute atomic E-state index is 11.8. The molecule has 0 aliphatic rings. The number of rotatable bonds is 4. The molecule has 18 heavy (non-hydrogen) atoms. The van der Waals surface area contributed by atoms with Crippen molar-refractivity contribution >= 4 is 12.1 Å². The molecule has 106 valence electrons. The van der Waals surface area contributed by atoms with E-state index in [2.05, 4.69) is 0 Å². The number of ether oxygens (including phenoxy) is 1. The monoisotopic (exact) mass is 261 g/mol. The van der Waals surface area contributed by atoms with E-state index in [0.29, 0.717) is 0 Å². The SMILES string of the molecule is CC(C)(C)OC(=O)N(CCC(=O)O)OC(C)(C)C. The van der Waals surface area contributed by atoms with E-state index in [0.717, 1.165) is 5.06 Å². The number of carboxylic acids is 1. The lowest BCUT2D eigenvalue weighted by Gasteiger charge is -2.31. The van der Waals surface area contributed by atoms with Crippen molar-refractivity contribution in [1.82, 2.24) is 5.06 Å². The van der Waals surface area contributed by atoms with E-state index in [1.807, 2.05) is 0 Å². The van der Waals surface area contributed by atoms with Gasteiger partial charge in [-0.25, -0.2) is 4.79 Å². The van der Waals surface area contributed by atoms with Crippen LogP contribution in [-0.4, -0.2) is 40.0 Å². The van der Waals surface area contributed by atoms with Gasteiger partial charge >= 0.3 is 12.1 Å². The molecule has 0 spiro atoms. The third-order valence-electron chi connectivity index (χ3n) is 1.51. The minimum atomic E-state index is -0.999. The molecule has 0 aromatic carbocycles.